The zero-order valence-electron chi connectivity index (χ0n) is 14.9. The smallest absolute Gasteiger partial charge is 0.324 e. The van der Waals surface area contributed by atoms with Gasteiger partial charge in [-0.15, -0.1) is 0 Å². The van der Waals surface area contributed by atoms with Crippen LogP contribution in [0.2, 0.25) is 0 Å². The average Bonchev–Trinajstić information content (AvgIpc) is 2.80. The summed E-state index contributed by atoms with van der Waals surface area (Å²) in [6.45, 7) is 1.37. The van der Waals surface area contributed by atoms with Crippen LogP contribution in [0.25, 0.3) is 0 Å². The van der Waals surface area contributed by atoms with Gasteiger partial charge in [0.15, 0.2) is 0 Å². The van der Waals surface area contributed by atoms with E-state index in [0.717, 1.165) is 37.0 Å². The molecule has 1 saturated heterocycles. The monoisotopic (exact) mass is 361 g/mol. The summed E-state index contributed by atoms with van der Waals surface area (Å²) in [7, 11) is 0. The molecule has 2 aliphatic rings. The van der Waals surface area contributed by atoms with E-state index in [-0.39, 0.29) is 12.5 Å². The second-order valence-electron chi connectivity index (χ2n) is 7.18. The van der Waals surface area contributed by atoms with Crippen LogP contribution in [-0.2, 0) is 9.59 Å². The van der Waals surface area contributed by atoms with Gasteiger partial charge in [-0.1, -0.05) is 38.2 Å². The number of benzene rings is 1. The van der Waals surface area contributed by atoms with Crippen molar-refractivity contribution in [2.45, 2.75) is 57.4 Å². The van der Waals surface area contributed by atoms with Gasteiger partial charge in [-0.25, -0.2) is 9.18 Å². The van der Waals surface area contributed by atoms with E-state index in [1.165, 1.54) is 12.1 Å². The lowest BCUT2D eigenvalue weighted by atomic mass is 9.84. The first-order chi connectivity index (χ1) is 12.4. The molecule has 3 rings (SSSR count). The summed E-state index contributed by atoms with van der Waals surface area (Å²) in [4.78, 5) is 38.5. The minimum absolute atomic E-state index is 0.324. The minimum atomic E-state index is -0.868. The molecule has 0 aromatic heterocycles. The maximum absolute atomic E-state index is 13.4. The van der Waals surface area contributed by atoms with E-state index in [1.54, 1.807) is 13.0 Å². The number of rotatable bonds is 3. The van der Waals surface area contributed by atoms with Crippen LogP contribution in [0.15, 0.2) is 18.2 Å². The minimum Gasteiger partial charge on any atom is -0.324 e. The SMILES string of the molecule is Cc1ccc(F)cc1NC(=O)CN1C(=O)NC2(CCCCCCC2)C1=O. The summed E-state index contributed by atoms with van der Waals surface area (Å²) < 4.78 is 13.4. The molecule has 0 radical (unpaired) electrons. The van der Waals surface area contributed by atoms with Crippen LogP contribution in [0.4, 0.5) is 14.9 Å². The van der Waals surface area contributed by atoms with Gasteiger partial charge in [-0.3, -0.25) is 14.5 Å². The van der Waals surface area contributed by atoms with Crippen LogP contribution in [-0.4, -0.2) is 34.8 Å². The molecule has 2 fully saturated rings. The van der Waals surface area contributed by atoms with Gasteiger partial charge in [-0.05, 0) is 37.5 Å². The van der Waals surface area contributed by atoms with Crippen molar-refractivity contribution in [3.63, 3.8) is 0 Å². The molecule has 1 aliphatic heterocycles. The van der Waals surface area contributed by atoms with Crippen molar-refractivity contribution in [3.8, 4) is 0 Å². The highest BCUT2D eigenvalue weighted by molar-refractivity contribution is 6.10. The van der Waals surface area contributed by atoms with E-state index < -0.39 is 23.3 Å². The van der Waals surface area contributed by atoms with Crippen molar-refractivity contribution in [1.29, 1.82) is 0 Å². The Morgan fingerprint density at radius 1 is 1.19 bits per heavy atom. The van der Waals surface area contributed by atoms with Crippen LogP contribution in [0.5, 0.6) is 0 Å². The molecular weight excluding hydrogens is 337 g/mol. The zero-order valence-corrected chi connectivity index (χ0v) is 14.9. The van der Waals surface area contributed by atoms with Gasteiger partial charge in [0.25, 0.3) is 5.91 Å². The lowest BCUT2D eigenvalue weighted by molar-refractivity contribution is -0.134. The average molecular weight is 361 g/mol. The Bertz CT molecular complexity index is 727. The van der Waals surface area contributed by atoms with Crippen molar-refractivity contribution in [2.75, 3.05) is 11.9 Å². The number of hydrogen-bond acceptors (Lipinski definition) is 3. The normalized spacial score (nSPS) is 19.8. The van der Waals surface area contributed by atoms with E-state index >= 15 is 0 Å². The Labute approximate surface area is 152 Å². The molecule has 0 atom stereocenters. The first-order valence-electron chi connectivity index (χ1n) is 9.11. The summed E-state index contributed by atoms with van der Waals surface area (Å²) in [5.41, 5.74) is 0.170. The van der Waals surface area contributed by atoms with E-state index in [9.17, 15) is 18.8 Å². The Balaban J connectivity index is 1.69. The highest BCUT2D eigenvalue weighted by Gasteiger charge is 2.50. The van der Waals surface area contributed by atoms with Crippen molar-refractivity contribution >= 4 is 23.5 Å². The number of nitrogens with one attached hydrogen (secondary N) is 2. The highest BCUT2D eigenvalue weighted by Crippen LogP contribution is 2.32. The number of carbonyl (C=O) groups excluding carboxylic acids is 3. The highest BCUT2D eigenvalue weighted by atomic mass is 19.1. The predicted molar refractivity (Wildman–Crippen MR) is 95.1 cm³/mol. The molecular formula is C19H24FN3O3. The van der Waals surface area contributed by atoms with Gasteiger partial charge >= 0.3 is 6.03 Å². The molecule has 2 N–H and O–H groups in total. The molecule has 7 heteroatoms. The fraction of sp³-hybridized carbons (Fsp3) is 0.526. The second kappa shape index (κ2) is 7.43. The molecule has 6 nitrogen and oxygen atoms in total. The molecule has 0 bridgehead atoms. The first kappa shape index (κ1) is 18.4. The lowest BCUT2D eigenvalue weighted by Gasteiger charge is -2.28. The van der Waals surface area contributed by atoms with Crippen LogP contribution in [0, 0.1) is 12.7 Å². The summed E-state index contributed by atoms with van der Waals surface area (Å²) in [6.07, 6.45) is 6.23. The Morgan fingerprint density at radius 3 is 2.54 bits per heavy atom. The van der Waals surface area contributed by atoms with Gasteiger partial charge in [-0.2, -0.15) is 0 Å². The lowest BCUT2D eigenvalue weighted by Crippen LogP contribution is -2.47. The number of anilines is 1. The van der Waals surface area contributed by atoms with Crippen molar-refractivity contribution in [1.82, 2.24) is 10.2 Å². The van der Waals surface area contributed by atoms with E-state index in [2.05, 4.69) is 10.6 Å². The fourth-order valence-electron chi connectivity index (χ4n) is 3.73. The largest absolute Gasteiger partial charge is 0.325 e. The van der Waals surface area contributed by atoms with E-state index in [4.69, 9.17) is 0 Å². The third kappa shape index (κ3) is 3.71. The van der Waals surface area contributed by atoms with Crippen molar-refractivity contribution < 1.29 is 18.8 Å². The number of imide groups is 1. The zero-order chi connectivity index (χ0) is 18.7. The topological polar surface area (TPSA) is 78.5 Å². The summed E-state index contributed by atoms with van der Waals surface area (Å²) in [6, 6.07) is 3.56. The summed E-state index contributed by atoms with van der Waals surface area (Å²) in [5, 5.41) is 5.40. The van der Waals surface area contributed by atoms with Crippen LogP contribution in [0.3, 0.4) is 0 Å². The number of aryl methyl sites for hydroxylation is 1. The third-order valence-corrected chi connectivity index (χ3v) is 5.23. The molecule has 1 aliphatic carbocycles. The molecule has 0 unspecified atom stereocenters. The number of amides is 4. The van der Waals surface area contributed by atoms with Gasteiger partial charge in [0.2, 0.25) is 5.91 Å². The standard InChI is InChI=1S/C19H24FN3O3/c1-13-7-8-14(20)11-15(13)21-16(24)12-23-17(25)19(22-18(23)26)9-5-3-2-4-6-10-19/h7-8,11H,2-6,9-10,12H2,1H3,(H,21,24)(H,22,26). The van der Waals surface area contributed by atoms with Gasteiger partial charge in [0.1, 0.15) is 17.9 Å². The maximum atomic E-state index is 13.4. The van der Waals surface area contributed by atoms with E-state index in [1.807, 2.05) is 0 Å². The maximum Gasteiger partial charge on any atom is 0.325 e. The van der Waals surface area contributed by atoms with Crippen LogP contribution < -0.4 is 10.6 Å². The number of nitrogens with zero attached hydrogens (tertiary/aromatic N) is 1. The van der Waals surface area contributed by atoms with Crippen molar-refractivity contribution in [3.05, 3.63) is 29.6 Å². The molecule has 1 spiro atoms. The Morgan fingerprint density at radius 2 is 1.85 bits per heavy atom. The molecule has 140 valence electrons. The molecule has 1 aromatic rings. The van der Waals surface area contributed by atoms with Crippen LogP contribution >= 0.6 is 0 Å². The predicted octanol–water partition coefficient (Wildman–Crippen LogP) is 3.11. The summed E-state index contributed by atoms with van der Waals surface area (Å²) >= 11 is 0. The summed E-state index contributed by atoms with van der Waals surface area (Å²) in [5.74, 6) is -1.31. The molecule has 1 aromatic carbocycles. The van der Waals surface area contributed by atoms with Gasteiger partial charge < -0.3 is 10.6 Å². The number of halogens is 1. The second-order valence-corrected chi connectivity index (χ2v) is 7.18. The van der Waals surface area contributed by atoms with Gasteiger partial charge in [0.05, 0.1) is 0 Å². The molecule has 1 heterocycles. The number of carbonyl (C=O) groups is 3. The number of urea groups is 1. The van der Waals surface area contributed by atoms with Crippen molar-refractivity contribution in [2.24, 2.45) is 0 Å². The molecule has 26 heavy (non-hydrogen) atoms. The third-order valence-electron chi connectivity index (χ3n) is 5.23. The quantitative estimate of drug-likeness (QED) is 0.812. The first-order valence-corrected chi connectivity index (χ1v) is 9.11. The Kier molecular flexibility index (Phi) is 5.25. The molecule has 1 saturated carbocycles. The fourth-order valence-corrected chi connectivity index (χ4v) is 3.73. The van der Waals surface area contributed by atoms with Crippen LogP contribution in [0.1, 0.15) is 50.5 Å². The molecule has 4 amide bonds. The Hall–Kier alpha value is -2.44. The van der Waals surface area contributed by atoms with E-state index in [0.29, 0.717) is 24.1 Å². The van der Waals surface area contributed by atoms with Gasteiger partial charge in [0, 0.05) is 5.69 Å². The number of hydrogen-bond donors (Lipinski definition) is 2.